The van der Waals surface area contributed by atoms with E-state index in [1.54, 1.807) is 24.8 Å². The van der Waals surface area contributed by atoms with Gasteiger partial charge in [-0.15, -0.1) is 0 Å². The standard InChI is InChI=1S/C12H11N5.C6F3I3/c1-2-10(8-13-3-1)9-17-7-6-16-12(17)11-14-4-5-15-11;7-1-4(10)2(8)6(12)3(9)5(1)11/h1-8H,9H2,(H,14,15);. The van der Waals surface area contributed by atoms with E-state index in [0.29, 0.717) is 0 Å². The molecule has 0 amide bonds. The van der Waals surface area contributed by atoms with Crippen LogP contribution in [0.4, 0.5) is 13.2 Å². The van der Waals surface area contributed by atoms with Crippen molar-refractivity contribution < 1.29 is 13.2 Å². The fourth-order valence-electron chi connectivity index (χ4n) is 2.31. The van der Waals surface area contributed by atoms with Crippen molar-refractivity contribution in [2.75, 3.05) is 0 Å². The number of nitrogens with zero attached hydrogens (tertiary/aromatic N) is 4. The third-order valence-corrected chi connectivity index (χ3v) is 6.50. The summed E-state index contributed by atoms with van der Waals surface area (Å²) < 4.78 is 40.3. The maximum atomic E-state index is 12.9. The molecule has 0 radical (unpaired) electrons. The maximum absolute atomic E-state index is 12.9. The summed E-state index contributed by atoms with van der Waals surface area (Å²) in [7, 11) is 0. The van der Waals surface area contributed by atoms with Crippen LogP contribution in [-0.4, -0.2) is 24.5 Å². The molecule has 0 unspecified atom stereocenters. The van der Waals surface area contributed by atoms with Gasteiger partial charge in [-0.25, -0.2) is 23.1 Å². The van der Waals surface area contributed by atoms with Crippen molar-refractivity contribution in [2.45, 2.75) is 6.54 Å². The van der Waals surface area contributed by atoms with E-state index >= 15 is 0 Å². The van der Waals surface area contributed by atoms with Gasteiger partial charge in [0.1, 0.15) is 0 Å². The Bertz CT molecular complexity index is 997. The van der Waals surface area contributed by atoms with Crippen molar-refractivity contribution in [3.05, 3.63) is 83.0 Å². The number of pyridine rings is 1. The van der Waals surface area contributed by atoms with Crippen molar-refractivity contribution in [3.8, 4) is 11.6 Å². The van der Waals surface area contributed by atoms with Gasteiger partial charge in [-0.2, -0.15) is 0 Å². The lowest BCUT2D eigenvalue weighted by Crippen LogP contribution is -2.02. The summed E-state index contributed by atoms with van der Waals surface area (Å²) in [6, 6.07) is 3.97. The summed E-state index contributed by atoms with van der Waals surface area (Å²) in [6.07, 6.45) is 10.8. The number of halogens is 6. The molecule has 150 valence electrons. The number of rotatable bonds is 3. The molecule has 0 saturated carbocycles. The molecule has 0 bridgehead atoms. The molecule has 0 saturated heterocycles. The highest BCUT2D eigenvalue weighted by atomic mass is 127. The fraction of sp³-hybridized carbons (Fsp3) is 0.0556. The summed E-state index contributed by atoms with van der Waals surface area (Å²) >= 11 is 4.53. The largest absolute Gasteiger partial charge is 0.342 e. The molecule has 1 aromatic carbocycles. The quantitative estimate of drug-likeness (QED) is 0.169. The van der Waals surface area contributed by atoms with Crippen molar-refractivity contribution >= 4 is 67.8 Å². The zero-order valence-electron chi connectivity index (χ0n) is 14.4. The molecule has 3 aromatic heterocycles. The predicted octanol–water partition coefficient (Wildman–Crippen LogP) is 5.63. The second-order valence-corrected chi connectivity index (χ2v) is 8.80. The molecule has 4 aromatic rings. The van der Waals surface area contributed by atoms with E-state index in [0.717, 1.165) is 23.8 Å². The zero-order chi connectivity index (χ0) is 21.0. The Hall–Kier alpha value is -1.23. The zero-order valence-corrected chi connectivity index (χ0v) is 20.9. The van der Waals surface area contributed by atoms with E-state index in [9.17, 15) is 13.2 Å². The minimum absolute atomic E-state index is 0.164. The van der Waals surface area contributed by atoms with Crippen molar-refractivity contribution in [3.63, 3.8) is 0 Å². The first kappa shape index (κ1) is 22.5. The Morgan fingerprint density at radius 2 is 1.55 bits per heavy atom. The van der Waals surface area contributed by atoms with Crippen LogP contribution in [0.15, 0.2) is 49.3 Å². The van der Waals surface area contributed by atoms with E-state index in [1.807, 2.05) is 29.1 Å². The average molecular weight is 735 g/mol. The summed E-state index contributed by atoms with van der Waals surface area (Å²) in [5, 5.41) is 0. The molecule has 0 fully saturated rings. The van der Waals surface area contributed by atoms with Crippen LogP contribution in [0.2, 0.25) is 0 Å². The molecule has 5 nitrogen and oxygen atoms in total. The van der Waals surface area contributed by atoms with Crippen molar-refractivity contribution in [1.29, 1.82) is 0 Å². The molecular weight excluding hydrogens is 724 g/mol. The molecule has 4 rings (SSSR count). The number of nitrogens with one attached hydrogen (secondary N) is 1. The lowest BCUT2D eigenvalue weighted by molar-refractivity contribution is 0.515. The van der Waals surface area contributed by atoms with Gasteiger partial charge < -0.3 is 9.55 Å². The Labute approximate surface area is 205 Å². The van der Waals surface area contributed by atoms with Crippen LogP contribution in [0.3, 0.4) is 0 Å². The van der Waals surface area contributed by atoms with E-state index < -0.39 is 17.5 Å². The normalized spacial score (nSPS) is 10.6. The lowest BCUT2D eigenvalue weighted by atomic mass is 10.3. The molecule has 0 aliphatic carbocycles. The molecule has 1 N–H and O–H groups in total. The van der Waals surface area contributed by atoms with Crippen LogP contribution in [0.25, 0.3) is 11.6 Å². The van der Waals surface area contributed by atoms with Crippen LogP contribution in [0, 0.1) is 28.2 Å². The van der Waals surface area contributed by atoms with E-state index in [2.05, 4.69) is 19.9 Å². The number of aromatic nitrogens is 5. The van der Waals surface area contributed by atoms with E-state index in [1.165, 1.54) is 67.8 Å². The monoisotopic (exact) mass is 735 g/mol. The Kier molecular flexibility index (Phi) is 7.89. The highest BCUT2D eigenvalue weighted by Crippen LogP contribution is 2.28. The molecule has 0 aliphatic heterocycles. The first-order valence-corrected chi connectivity index (χ1v) is 11.2. The SMILES string of the molecule is Fc1c(I)c(F)c(I)c(F)c1I.c1cncc(Cn2ccnc2-c2ncc[nH]2)c1. The number of imidazole rings is 2. The third kappa shape index (κ3) is 5.28. The topological polar surface area (TPSA) is 59.4 Å². The van der Waals surface area contributed by atoms with Crippen LogP contribution in [-0.2, 0) is 6.54 Å². The van der Waals surface area contributed by atoms with Crippen molar-refractivity contribution in [2.24, 2.45) is 0 Å². The van der Waals surface area contributed by atoms with Crippen LogP contribution < -0.4 is 0 Å². The molecule has 11 heteroatoms. The van der Waals surface area contributed by atoms with Gasteiger partial charge in [0.2, 0.25) is 0 Å². The second-order valence-electron chi connectivity index (χ2n) is 5.56. The molecular formula is C18H11F3I3N5. The first-order valence-electron chi connectivity index (χ1n) is 7.96. The predicted molar refractivity (Wildman–Crippen MR) is 128 cm³/mol. The highest BCUT2D eigenvalue weighted by molar-refractivity contribution is 14.1. The number of benzene rings is 1. The summed E-state index contributed by atoms with van der Waals surface area (Å²) in [4.78, 5) is 15.7. The lowest BCUT2D eigenvalue weighted by Gasteiger charge is -2.05. The summed E-state index contributed by atoms with van der Waals surface area (Å²) in [5.41, 5.74) is 1.14. The number of hydrogen-bond acceptors (Lipinski definition) is 3. The molecule has 0 spiro atoms. The average Bonchev–Trinajstić information content (AvgIpc) is 3.42. The van der Waals surface area contributed by atoms with Crippen LogP contribution in [0.5, 0.6) is 0 Å². The van der Waals surface area contributed by atoms with Gasteiger partial charge in [-0.3, -0.25) is 4.98 Å². The Morgan fingerprint density at radius 1 is 0.897 bits per heavy atom. The van der Waals surface area contributed by atoms with E-state index in [4.69, 9.17) is 0 Å². The number of aromatic amines is 1. The smallest absolute Gasteiger partial charge is 0.176 e. The third-order valence-electron chi connectivity index (χ3n) is 3.66. The van der Waals surface area contributed by atoms with Gasteiger partial charge in [0.05, 0.1) is 17.3 Å². The maximum Gasteiger partial charge on any atom is 0.176 e. The van der Waals surface area contributed by atoms with Gasteiger partial charge in [-0.1, -0.05) is 6.07 Å². The minimum Gasteiger partial charge on any atom is -0.342 e. The van der Waals surface area contributed by atoms with Crippen molar-refractivity contribution in [1.82, 2.24) is 24.5 Å². The van der Waals surface area contributed by atoms with Gasteiger partial charge in [0.15, 0.2) is 29.1 Å². The molecule has 3 heterocycles. The minimum atomic E-state index is -0.827. The van der Waals surface area contributed by atoms with E-state index in [-0.39, 0.29) is 10.7 Å². The fourth-order valence-corrected chi connectivity index (χ4v) is 5.47. The van der Waals surface area contributed by atoms with Gasteiger partial charge >= 0.3 is 0 Å². The van der Waals surface area contributed by atoms with Crippen LogP contribution >= 0.6 is 67.8 Å². The van der Waals surface area contributed by atoms with Crippen LogP contribution in [0.1, 0.15) is 5.56 Å². The Morgan fingerprint density at radius 3 is 2.07 bits per heavy atom. The molecule has 0 atom stereocenters. The van der Waals surface area contributed by atoms with Gasteiger partial charge in [-0.05, 0) is 79.4 Å². The molecule has 0 aliphatic rings. The summed E-state index contributed by atoms with van der Waals surface area (Å²) in [5.74, 6) is -0.873. The Balaban J connectivity index is 0.000000177. The molecule has 29 heavy (non-hydrogen) atoms. The highest BCUT2D eigenvalue weighted by Gasteiger charge is 2.20. The van der Waals surface area contributed by atoms with Gasteiger partial charge in [0, 0.05) is 37.2 Å². The summed E-state index contributed by atoms with van der Waals surface area (Å²) in [6.45, 7) is 0.740. The number of H-pyrrole nitrogens is 1. The van der Waals surface area contributed by atoms with Gasteiger partial charge in [0.25, 0.3) is 0 Å². The second kappa shape index (κ2) is 10.2. The number of hydrogen-bond donors (Lipinski definition) is 1. The first-order chi connectivity index (χ1) is 13.9.